The van der Waals surface area contributed by atoms with Gasteiger partial charge in [0.25, 0.3) is 0 Å². The van der Waals surface area contributed by atoms with Gasteiger partial charge in [-0.3, -0.25) is 4.79 Å². The normalized spacial score (nSPS) is 12.0. The zero-order valence-electron chi connectivity index (χ0n) is 20.9. The van der Waals surface area contributed by atoms with E-state index in [-0.39, 0.29) is 11.3 Å². The van der Waals surface area contributed by atoms with E-state index in [4.69, 9.17) is 14.2 Å². The molecular formula is C27H32N2O6S. The SMILES string of the molecule is COc1ccc(S(=O)(=O)N[C@H](Cc2ccccc2)C(=O)NCCc2ccc(OC)c(OC)c2)cc1C. The Bertz CT molecular complexity index is 1280. The van der Waals surface area contributed by atoms with Gasteiger partial charge in [-0.05, 0) is 66.8 Å². The van der Waals surface area contributed by atoms with Crippen LogP contribution < -0.4 is 24.2 Å². The number of carbonyl (C=O) groups is 1. The summed E-state index contributed by atoms with van der Waals surface area (Å²) < 4.78 is 44.7. The fourth-order valence-electron chi connectivity index (χ4n) is 3.80. The van der Waals surface area contributed by atoms with Gasteiger partial charge in [0.05, 0.1) is 26.2 Å². The summed E-state index contributed by atoms with van der Waals surface area (Å²) in [5.41, 5.74) is 2.47. The van der Waals surface area contributed by atoms with Gasteiger partial charge >= 0.3 is 0 Å². The fourth-order valence-corrected chi connectivity index (χ4v) is 5.08. The molecule has 192 valence electrons. The summed E-state index contributed by atoms with van der Waals surface area (Å²) in [6, 6.07) is 18.4. The van der Waals surface area contributed by atoms with Gasteiger partial charge in [0.15, 0.2) is 11.5 Å². The summed E-state index contributed by atoms with van der Waals surface area (Å²) >= 11 is 0. The number of hydrogen-bond donors (Lipinski definition) is 2. The molecule has 0 heterocycles. The van der Waals surface area contributed by atoms with Gasteiger partial charge in [-0.1, -0.05) is 36.4 Å². The number of benzene rings is 3. The highest BCUT2D eigenvalue weighted by molar-refractivity contribution is 7.89. The maximum absolute atomic E-state index is 13.2. The van der Waals surface area contributed by atoms with E-state index in [1.54, 1.807) is 33.3 Å². The van der Waals surface area contributed by atoms with Crippen LogP contribution in [0.1, 0.15) is 16.7 Å². The Morgan fingerprint density at radius 3 is 2.14 bits per heavy atom. The molecule has 3 aromatic rings. The molecule has 0 aliphatic rings. The molecule has 3 rings (SSSR count). The third-order valence-electron chi connectivity index (χ3n) is 5.73. The van der Waals surface area contributed by atoms with Crippen LogP contribution in [0.25, 0.3) is 0 Å². The first-order chi connectivity index (χ1) is 17.3. The van der Waals surface area contributed by atoms with Crippen molar-refractivity contribution in [3.05, 3.63) is 83.4 Å². The maximum atomic E-state index is 13.2. The van der Waals surface area contributed by atoms with Crippen molar-refractivity contribution < 1.29 is 27.4 Å². The molecule has 0 aliphatic carbocycles. The van der Waals surface area contributed by atoms with E-state index < -0.39 is 22.0 Å². The average Bonchev–Trinajstić information content (AvgIpc) is 2.88. The molecule has 0 radical (unpaired) electrons. The zero-order valence-corrected chi connectivity index (χ0v) is 21.7. The van der Waals surface area contributed by atoms with Gasteiger partial charge in [0.2, 0.25) is 15.9 Å². The molecule has 0 aliphatic heterocycles. The number of amides is 1. The van der Waals surface area contributed by atoms with Crippen molar-refractivity contribution in [1.82, 2.24) is 10.0 Å². The fraction of sp³-hybridized carbons (Fsp3) is 0.296. The lowest BCUT2D eigenvalue weighted by molar-refractivity contribution is -0.122. The minimum absolute atomic E-state index is 0.0667. The number of carbonyl (C=O) groups excluding carboxylic acids is 1. The highest BCUT2D eigenvalue weighted by Gasteiger charge is 2.26. The Hall–Kier alpha value is -3.56. The molecule has 8 nitrogen and oxygen atoms in total. The molecule has 2 N–H and O–H groups in total. The van der Waals surface area contributed by atoms with Crippen molar-refractivity contribution in [2.24, 2.45) is 0 Å². The minimum Gasteiger partial charge on any atom is -0.496 e. The van der Waals surface area contributed by atoms with Crippen LogP contribution in [0.4, 0.5) is 0 Å². The summed E-state index contributed by atoms with van der Waals surface area (Å²) in [6.45, 7) is 2.09. The van der Waals surface area contributed by atoms with E-state index in [1.165, 1.54) is 19.2 Å². The van der Waals surface area contributed by atoms with Gasteiger partial charge in [0.1, 0.15) is 11.8 Å². The first-order valence-electron chi connectivity index (χ1n) is 11.5. The standard InChI is InChI=1S/C27H32N2O6S/c1-19-16-22(11-13-24(19)33-2)36(31,32)29-23(17-20-8-6-5-7-9-20)27(30)28-15-14-21-10-12-25(34-3)26(18-21)35-4/h5-13,16,18,23,29H,14-15,17H2,1-4H3,(H,28,30)/t23-/m1/s1. The van der Waals surface area contributed by atoms with Crippen molar-refractivity contribution in [1.29, 1.82) is 0 Å². The van der Waals surface area contributed by atoms with Crippen LogP contribution >= 0.6 is 0 Å². The highest BCUT2D eigenvalue weighted by Crippen LogP contribution is 2.27. The van der Waals surface area contributed by atoms with E-state index in [1.807, 2.05) is 42.5 Å². The van der Waals surface area contributed by atoms with Gasteiger partial charge in [-0.25, -0.2) is 8.42 Å². The van der Waals surface area contributed by atoms with E-state index in [0.717, 1.165) is 11.1 Å². The second-order valence-corrected chi connectivity index (χ2v) is 9.94. The highest BCUT2D eigenvalue weighted by atomic mass is 32.2. The molecule has 0 bridgehead atoms. The Morgan fingerprint density at radius 1 is 0.833 bits per heavy atom. The molecule has 3 aromatic carbocycles. The third kappa shape index (κ3) is 6.99. The molecule has 0 fully saturated rings. The molecule has 0 saturated heterocycles. The number of sulfonamides is 1. The topological polar surface area (TPSA) is 103 Å². The predicted octanol–water partition coefficient (Wildman–Crippen LogP) is 3.27. The van der Waals surface area contributed by atoms with Gasteiger partial charge in [-0.15, -0.1) is 0 Å². The first kappa shape index (κ1) is 27.0. The summed E-state index contributed by atoms with van der Waals surface area (Å²) in [6.07, 6.45) is 0.742. The van der Waals surface area contributed by atoms with Crippen molar-refractivity contribution in [2.75, 3.05) is 27.9 Å². The Kier molecular flexibility index (Phi) is 9.32. The Balaban J connectivity index is 1.74. The van der Waals surface area contributed by atoms with Crippen LogP contribution in [0, 0.1) is 6.92 Å². The average molecular weight is 513 g/mol. The molecule has 36 heavy (non-hydrogen) atoms. The number of ether oxygens (including phenoxy) is 3. The van der Waals surface area contributed by atoms with Crippen LogP contribution in [-0.2, 0) is 27.7 Å². The van der Waals surface area contributed by atoms with E-state index >= 15 is 0 Å². The molecule has 0 saturated carbocycles. The summed E-state index contributed by atoms with van der Waals surface area (Å²) in [5.74, 6) is 1.40. The molecular weight excluding hydrogens is 480 g/mol. The minimum atomic E-state index is -3.96. The molecule has 0 aromatic heterocycles. The van der Waals surface area contributed by atoms with Crippen molar-refractivity contribution in [3.8, 4) is 17.2 Å². The van der Waals surface area contributed by atoms with Gasteiger partial charge in [-0.2, -0.15) is 4.72 Å². The van der Waals surface area contributed by atoms with Crippen molar-refractivity contribution >= 4 is 15.9 Å². The number of hydrogen-bond acceptors (Lipinski definition) is 6. The Morgan fingerprint density at radius 2 is 1.50 bits per heavy atom. The number of nitrogens with one attached hydrogen (secondary N) is 2. The van der Waals surface area contributed by atoms with E-state index in [0.29, 0.717) is 35.8 Å². The molecule has 0 spiro atoms. The molecule has 0 unspecified atom stereocenters. The lowest BCUT2D eigenvalue weighted by Gasteiger charge is -2.19. The second-order valence-electron chi connectivity index (χ2n) is 8.23. The lowest BCUT2D eigenvalue weighted by Crippen LogP contribution is -2.48. The monoisotopic (exact) mass is 512 g/mol. The van der Waals surface area contributed by atoms with E-state index in [9.17, 15) is 13.2 Å². The second kappa shape index (κ2) is 12.4. The summed E-state index contributed by atoms with van der Waals surface area (Å²) in [4.78, 5) is 13.2. The van der Waals surface area contributed by atoms with Crippen molar-refractivity contribution in [3.63, 3.8) is 0 Å². The zero-order chi connectivity index (χ0) is 26.1. The quantitative estimate of drug-likeness (QED) is 0.386. The van der Waals surface area contributed by atoms with Crippen LogP contribution in [-0.4, -0.2) is 48.2 Å². The molecule has 9 heteroatoms. The van der Waals surface area contributed by atoms with Crippen molar-refractivity contribution in [2.45, 2.75) is 30.7 Å². The van der Waals surface area contributed by atoms with Crippen LogP contribution in [0.5, 0.6) is 17.2 Å². The van der Waals surface area contributed by atoms with Gasteiger partial charge in [0, 0.05) is 6.54 Å². The number of aryl methyl sites for hydroxylation is 1. The lowest BCUT2D eigenvalue weighted by atomic mass is 10.1. The maximum Gasteiger partial charge on any atom is 0.241 e. The van der Waals surface area contributed by atoms with Crippen LogP contribution in [0.15, 0.2) is 71.6 Å². The Labute approximate surface area is 212 Å². The largest absolute Gasteiger partial charge is 0.496 e. The van der Waals surface area contributed by atoms with E-state index in [2.05, 4.69) is 10.0 Å². The first-order valence-corrected chi connectivity index (χ1v) is 12.9. The van der Waals surface area contributed by atoms with Crippen LogP contribution in [0.3, 0.4) is 0 Å². The van der Waals surface area contributed by atoms with Gasteiger partial charge < -0.3 is 19.5 Å². The molecule has 1 atom stereocenters. The third-order valence-corrected chi connectivity index (χ3v) is 7.20. The molecule has 1 amide bonds. The summed E-state index contributed by atoms with van der Waals surface area (Å²) in [7, 11) is 0.694. The predicted molar refractivity (Wildman–Crippen MR) is 138 cm³/mol. The smallest absolute Gasteiger partial charge is 0.241 e. The summed E-state index contributed by atoms with van der Waals surface area (Å²) in [5, 5.41) is 2.86. The number of methoxy groups -OCH3 is 3. The number of rotatable bonds is 12. The van der Waals surface area contributed by atoms with Crippen LogP contribution in [0.2, 0.25) is 0 Å².